The van der Waals surface area contributed by atoms with Crippen molar-refractivity contribution in [1.29, 1.82) is 0 Å². The Balaban J connectivity index is 1.71. The Morgan fingerprint density at radius 3 is 2.54 bits per heavy atom. The fourth-order valence-corrected chi connectivity index (χ4v) is 2.52. The van der Waals surface area contributed by atoms with Crippen molar-refractivity contribution in [1.82, 2.24) is 4.57 Å². The summed E-state index contributed by atoms with van der Waals surface area (Å²) in [5.74, 6) is 0.122. The predicted molar refractivity (Wildman–Crippen MR) is 92.1 cm³/mol. The van der Waals surface area contributed by atoms with E-state index in [2.05, 4.69) is 5.32 Å². The van der Waals surface area contributed by atoms with Crippen molar-refractivity contribution in [2.75, 3.05) is 12.4 Å². The summed E-state index contributed by atoms with van der Waals surface area (Å²) in [5.41, 5.74) is 7.16. The standard InChI is InChI=1S/C18H17N3O3/c1-24-15-6-7-16-13(10-15)8-9-21(16)11-17(22)20-14-4-2-12(3-5-14)18(19)23/h2-10H,11H2,1H3,(H2,19,23)(H,20,22). The molecule has 0 saturated carbocycles. The molecule has 0 unspecified atom stereocenters. The Bertz CT molecular complexity index is 898. The van der Waals surface area contributed by atoms with Crippen LogP contribution < -0.4 is 15.8 Å². The van der Waals surface area contributed by atoms with E-state index < -0.39 is 5.91 Å². The first-order valence-corrected chi connectivity index (χ1v) is 7.39. The van der Waals surface area contributed by atoms with Crippen LogP contribution in [-0.4, -0.2) is 23.5 Å². The van der Waals surface area contributed by atoms with Gasteiger partial charge >= 0.3 is 0 Å². The second kappa shape index (κ2) is 6.45. The monoisotopic (exact) mass is 323 g/mol. The molecule has 0 fully saturated rings. The lowest BCUT2D eigenvalue weighted by Crippen LogP contribution is -2.18. The van der Waals surface area contributed by atoms with E-state index in [4.69, 9.17) is 10.5 Å². The number of ether oxygens (including phenoxy) is 1. The van der Waals surface area contributed by atoms with E-state index in [0.717, 1.165) is 16.7 Å². The largest absolute Gasteiger partial charge is 0.497 e. The van der Waals surface area contributed by atoms with Gasteiger partial charge in [0.1, 0.15) is 12.3 Å². The highest BCUT2D eigenvalue weighted by Gasteiger charge is 2.08. The molecular formula is C18H17N3O3. The summed E-state index contributed by atoms with van der Waals surface area (Å²) in [6.45, 7) is 0.188. The molecule has 122 valence electrons. The SMILES string of the molecule is COc1ccc2c(ccn2CC(=O)Nc2ccc(C(N)=O)cc2)c1. The minimum absolute atomic E-state index is 0.157. The quantitative estimate of drug-likeness (QED) is 0.756. The van der Waals surface area contributed by atoms with E-state index in [0.29, 0.717) is 11.3 Å². The van der Waals surface area contributed by atoms with Crippen LogP contribution in [-0.2, 0) is 11.3 Å². The first kappa shape index (κ1) is 15.6. The summed E-state index contributed by atoms with van der Waals surface area (Å²) >= 11 is 0. The van der Waals surface area contributed by atoms with Crippen molar-refractivity contribution in [3.63, 3.8) is 0 Å². The van der Waals surface area contributed by atoms with Crippen LogP contribution in [0.3, 0.4) is 0 Å². The summed E-state index contributed by atoms with van der Waals surface area (Å²) in [6, 6.07) is 14.1. The second-order valence-corrected chi connectivity index (χ2v) is 5.36. The average Bonchev–Trinajstić information content (AvgIpc) is 2.97. The summed E-state index contributed by atoms with van der Waals surface area (Å²) in [5, 5.41) is 3.80. The number of benzene rings is 2. The van der Waals surface area contributed by atoms with Crippen molar-refractivity contribution in [2.24, 2.45) is 5.73 Å². The Hall–Kier alpha value is -3.28. The Labute approximate surface area is 138 Å². The number of aromatic nitrogens is 1. The van der Waals surface area contributed by atoms with Crippen molar-refractivity contribution in [3.8, 4) is 5.75 Å². The highest BCUT2D eigenvalue weighted by Crippen LogP contribution is 2.22. The number of hydrogen-bond donors (Lipinski definition) is 2. The molecule has 1 heterocycles. The number of anilines is 1. The molecular weight excluding hydrogens is 306 g/mol. The third kappa shape index (κ3) is 3.22. The van der Waals surface area contributed by atoms with Gasteiger partial charge in [-0.2, -0.15) is 0 Å². The number of nitrogens with one attached hydrogen (secondary N) is 1. The number of nitrogens with zero attached hydrogens (tertiary/aromatic N) is 1. The normalized spacial score (nSPS) is 10.5. The number of fused-ring (bicyclic) bond motifs is 1. The molecule has 24 heavy (non-hydrogen) atoms. The van der Waals surface area contributed by atoms with Crippen LogP contribution in [0, 0.1) is 0 Å². The fourth-order valence-electron chi connectivity index (χ4n) is 2.52. The van der Waals surface area contributed by atoms with Gasteiger partial charge in [0.2, 0.25) is 11.8 Å². The molecule has 2 aromatic carbocycles. The average molecular weight is 323 g/mol. The van der Waals surface area contributed by atoms with Crippen LogP contribution in [0.25, 0.3) is 10.9 Å². The number of nitrogens with two attached hydrogens (primary N) is 1. The number of carbonyl (C=O) groups excluding carboxylic acids is 2. The maximum Gasteiger partial charge on any atom is 0.248 e. The van der Waals surface area contributed by atoms with Gasteiger partial charge in [0.25, 0.3) is 0 Å². The van der Waals surface area contributed by atoms with E-state index in [1.807, 2.05) is 35.0 Å². The maximum atomic E-state index is 12.2. The lowest BCUT2D eigenvalue weighted by Gasteiger charge is -2.08. The number of amides is 2. The van der Waals surface area contributed by atoms with E-state index in [1.165, 1.54) is 0 Å². The zero-order valence-electron chi connectivity index (χ0n) is 13.2. The van der Waals surface area contributed by atoms with Crippen molar-refractivity contribution in [3.05, 3.63) is 60.3 Å². The first-order valence-electron chi connectivity index (χ1n) is 7.39. The molecule has 0 spiro atoms. The summed E-state index contributed by atoms with van der Waals surface area (Å²) in [6.07, 6.45) is 1.86. The number of hydrogen-bond acceptors (Lipinski definition) is 3. The molecule has 0 aliphatic rings. The Morgan fingerprint density at radius 2 is 1.88 bits per heavy atom. The van der Waals surface area contributed by atoms with Crippen LogP contribution in [0.5, 0.6) is 5.75 Å². The van der Waals surface area contributed by atoms with Gasteiger partial charge in [-0.05, 0) is 48.5 Å². The highest BCUT2D eigenvalue weighted by atomic mass is 16.5. The molecule has 0 bridgehead atoms. The number of rotatable bonds is 5. The molecule has 6 heteroatoms. The van der Waals surface area contributed by atoms with Gasteiger partial charge in [0, 0.05) is 28.4 Å². The van der Waals surface area contributed by atoms with Gasteiger partial charge in [0.05, 0.1) is 7.11 Å². The number of methoxy groups -OCH3 is 1. The number of carbonyl (C=O) groups is 2. The minimum atomic E-state index is -0.498. The fraction of sp³-hybridized carbons (Fsp3) is 0.111. The van der Waals surface area contributed by atoms with Gasteiger partial charge in [-0.1, -0.05) is 0 Å². The summed E-state index contributed by atoms with van der Waals surface area (Å²) in [7, 11) is 1.62. The van der Waals surface area contributed by atoms with Crippen LogP contribution in [0.15, 0.2) is 54.7 Å². The van der Waals surface area contributed by atoms with Crippen LogP contribution in [0.1, 0.15) is 10.4 Å². The van der Waals surface area contributed by atoms with Crippen molar-refractivity contribution < 1.29 is 14.3 Å². The molecule has 3 aromatic rings. The highest BCUT2D eigenvalue weighted by molar-refractivity contribution is 5.95. The Kier molecular flexibility index (Phi) is 4.20. The van der Waals surface area contributed by atoms with Gasteiger partial charge in [-0.3, -0.25) is 9.59 Å². The molecule has 3 N–H and O–H groups in total. The number of primary amides is 1. The maximum absolute atomic E-state index is 12.2. The zero-order valence-corrected chi connectivity index (χ0v) is 13.2. The van der Waals surface area contributed by atoms with Crippen LogP contribution >= 0.6 is 0 Å². The van der Waals surface area contributed by atoms with Crippen LogP contribution in [0.4, 0.5) is 5.69 Å². The molecule has 0 atom stereocenters. The van der Waals surface area contributed by atoms with Gasteiger partial charge < -0.3 is 20.4 Å². The van der Waals surface area contributed by atoms with Crippen molar-refractivity contribution >= 4 is 28.4 Å². The molecule has 1 aromatic heterocycles. The topological polar surface area (TPSA) is 86.3 Å². The molecule has 6 nitrogen and oxygen atoms in total. The van der Waals surface area contributed by atoms with E-state index in [-0.39, 0.29) is 12.5 Å². The first-order chi connectivity index (χ1) is 11.6. The third-order valence-corrected chi connectivity index (χ3v) is 3.75. The smallest absolute Gasteiger partial charge is 0.248 e. The van der Waals surface area contributed by atoms with E-state index >= 15 is 0 Å². The predicted octanol–water partition coefficient (Wildman–Crippen LogP) is 2.39. The molecule has 2 amide bonds. The zero-order chi connectivity index (χ0) is 17.1. The van der Waals surface area contributed by atoms with Gasteiger partial charge in [0.15, 0.2) is 0 Å². The molecule has 0 aliphatic heterocycles. The molecule has 3 rings (SSSR count). The third-order valence-electron chi connectivity index (χ3n) is 3.75. The van der Waals surface area contributed by atoms with E-state index in [1.54, 1.807) is 31.4 Å². The van der Waals surface area contributed by atoms with E-state index in [9.17, 15) is 9.59 Å². The molecule has 0 aliphatic carbocycles. The minimum Gasteiger partial charge on any atom is -0.497 e. The van der Waals surface area contributed by atoms with Crippen molar-refractivity contribution in [2.45, 2.75) is 6.54 Å². The summed E-state index contributed by atoms with van der Waals surface area (Å²) < 4.78 is 7.06. The van der Waals surface area contributed by atoms with Crippen LogP contribution in [0.2, 0.25) is 0 Å². The summed E-state index contributed by atoms with van der Waals surface area (Å²) in [4.78, 5) is 23.3. The second-order valence-electron chi connectivity index (χ2n) is 5.36. The Morgan fingerprint density at radius 1 is 1.12 bits per heavy atom. The van der Waals surface area contributed by atoms with Gasteiger partial charge in [-0.25, -0.2) is 0 Å². The lowest BCUT2D eigenvalue weighted by atomic mass is 10.2. The molecule has 0 radical (unpaired) electrons. The van der Waals surface area contributed by atoms with Gasteiger partial charge in [-0.15, -0.1) is 0 Å². The lowest BCUT2D eigenvalue weighted by molar-refractivity contribution is -0.116. The molecule has 0 saturated heterocycles.